The zero-order valence-corrected chi connectivity index (χ0v) is 20.4. The Hall–Kier alpha value is -2.70. The number of nitrogens with one attached hydrogen (secondary N) is 1. The van der Waals surface area contributed by atoms with E-state index < -0.39 is 10.0 Å². The van der Waals surface area contributed by atoms with Gasteiger partial charge in [-0.05, 0) is 51.0 Å². The lowest BCUT2D eigenvalue weighted by Crippen LogP contribution is -2.35. The van der Waals surface area contributed by atoms with Gasteiger partial charge in [0.15, 0.2) is 0 Å². The first-order chi connectivity index (χ1) is 15.8. The van der Waals surface area contributed by atoms with Gasteiger partial charge >= 0.3 is 0 Å². The van der Waals surface area contributed by atoms with Gasteiger partial charge < -0.3 is 10.1 Å². The second-order valence-corrected chi connectivity index (χ2v) is 10.7. The number of aryl methyl sites for hydroxylation is 2. The van der Waals surface area contributed by atoms with Crippen molar-refractivity contribution >= 4 is 39.2 Å². The van der Waals surface area contributed by atoms with Crippen LogP contribution in [0.1, 0.15) is 30.7 Å². The molecule has 0 spiro atoms. The highest BCUT2D eigenvalue weighted by Gasteiger charge is 2.27. The molecule has 0 bridgehead atoms. The summed E-state index contributed by atoms with van der Waals surface area (Å²) < 4.78 is 34.5. The minimum Gasteiger partial charge on any atom is -0.495 e. The van der Waals surface area contributed by atoms with E-state index in [1.54, 1.807) is 10.6 Å². The molecule has 1 saturated heterocycles. The Morgan fingerprint density at radius 3 is 2.64 bits per heavy atom. The Bertz CT molecular complexity index is 1290. The van der Waals surface area contributed by atoms with E-state index in [9.17, 15) is 13.2 Å². The number of carbonyl (C=O) groups is 1. The fourth-order valence-corrected chi connectivity index (χ4v) is 5.89. The third kappa shape index (κ3) is 5.12. The zero-order valence-electron chi connectivity index (χ0n) is 18.7. The molecule has 33 heavy (non-hydrogen) atoms. The van der Waals surface area contributed by atoms with E-state index >= 15 is 0 Å². The standard InChI is InChI=1S/C21H26N6O4S2/c1-14-11-15(2)27-20(22-14)24-21(25-27)32-13-19(28)23-17-12-16(7-8-18(17)31-3)33(29,30)26-9-5-4-6-10-26/h7-8,11-12H,4-6,9-10,13H2,1-3H3,(H,23,28). The highest BCUT2D eigenvalue weighted by atomic mass is 32.2. The Morgan fingerprint density at radius 2 is 1.91 bits per heavy atom. The molecular formula is C21H26N6O4S2. The lowest BCUT2D eigenvalue weighted by Gasteiger charge is -2.26. The predicted molar refractivity (Wildman–Crippen MR) is 125 cm³/mol. The maximum Gasteiger partial charge on any atom is 0.253 e. The average molecular weight is 491 g/mol. The van der Waals surface area contributed by atoms with Crippen molar-refractivity contribution in [3.63, 3.8) is 0 Å². The normalized spacial score (nSPS) is 15.0. The number of hydrogen-bond acceptors (Lipinski definition) is 8. The molecule has 176 valence electrons. The molecule has 0 radical (unpaired) electrons. The first-order valence-electron chi connectivity index (χ1n) is 10.6. The smallest absolute Gasteiger partial charge is 0.253 e. The molecule has 0 unspecified atom stereocenters. The summed E-state index contributed by atoms with van der Waals surface area (Å²) in [4.78, 5) is 21.5. The van der Waals surface area contributed by atoms with Crippen LogP contribution in [0, 0.1) is 13.8 Å². The molecule has 0 aliphatic carbocycles. The molecule has 1 aromatic carbocycles. The molecule has 1 N–H and O–H groups in total. The number of sulfonamides is 1. The molecule has 3 aromatic rings. The summed E-state index contributed by atoms with van der Waals surface area (Å²) in [6.45, 7) is 4.81. The van der Waals surface area contributed by atoms with E-state index in [4.69, 9.17) is 4.74 Å². The van der Waals surface area contributed by atoms with Crippen molar-refractivity contribution in [3.05, 3.63) is 35.7 Å². The molecular weight excluding hydrogens is 464 g/mol. The number of thioether (sulfide) groups is 1. The van der Waals surface area contributed by atoms with Crippen molar-refractivity contribution in [2.24, 2.45) is 0 Å². The third-order valence-electron chi connectivity index (χ3n) is 5.33. The maximum atomic E-state index is 13.0. The highest BCUT2D eigenvalue weighted by Crippen LogP contribution is 2.30. The number of methoxy groups -OCH3 is 1. The van der Waals surface area contributed by atoms with Crippen LogP contribution >= 0.6 is 11.8 Å². The molecule has 1 aliphatic rings. The summed E-state index contributed by atoms with van der Waals surface area (Å²) in [7, 11) is -2.16. The third-order valence-corrected chi connectivity index (χ3v) is 8.06. The van der Waals surface area contributed by atoms with Crippen LogP contribution in [0.15, 0.2) is 34.3 Å². The molecule has 2 aromatic heterocycles. The van der Waals surface area contributed by atoms with Gasteiger partial charge in [0, 0.05) is 24.5 Å². The number of piperidine rings is 1. The highest BCUT2D eigenvalue weighted by molar-refractivity contribution is 7.99. The fraction of sp³-hybridized carbons (Fsp3) is 0.429. The van der Waals surface area contributed by atoms with Gasteiger partial charge in [0.1, 0.15) is 5.75 Å². The van der Waals surface area contributed by atoms with Crippen LogP contribution in [0.4, 0.5) is 5.69 Å². The average Bonchev–Trinajstić information content (AvgIpc) is 3.21. The number of ether oxygens (including phenoxy) is 1. The number of benzene rings is 1. The van der Waals surface area contributed by atoms with Crippen LogP contribution in [0.3, 0.4) is 0 Å². The van der Waals surface area contributed by atoms with Crippen LogP contribution in [-0.2, 0) is 14.8 Å². The number of fused-ring (bicyclic) bond motifs is 1. The van der Waals surface area contributed by atoms with Gasteiger partial charge in [-0.15, -0.1) is 5.10 Å². The monoisotopic (exact) mass is 490 g/mol. The summed E-state index contributed by atoms with van der Waals surface area (Å²) in [5.74, 6) is 0.576. The Morgan fingerprint density at radius 1 is 1.15 bits per heavy atom. The van der Waals surface area contributed by atoms with E-state index in [1.165, 1.54) is 35.3 Å². The van der Waals surface area contributed by atoms with Crippen LogP contribution in [0.5, 0.6) is 5.75 Å². The molecule has 4 rings (SSSR count). The Balaban J connectivity index is 1.48. The van der Waals surface area contributed by atoms with E-state index in [0.29, 0.717) is 35.5 Å². The van der Waals surface area contributed by atoms with Gasteiger partial charge in [0.05, 0.1) is 23.4 Å². The van der Waals surface area contributed by atoms with Crippen LogP contribution in [0.2, 0.25) is 0 Å². The first-order valence-corrected chi connectivity index (χ1v) is 13.0. The summed E-state index contributed by atoms with van der Waals surface area (Å²) in [5.41, 5.74) is 2.04. The largest absolute Gasteiger partial charge is 0.495 e. The van der Waals surface area contributed by atoms with Gasteiger partial charge in [0.25, 0.3) is 5.78 Å². The summed E-state index contributed by atoms with van der Waals surface area (Å²) in [5, 5.41) is 7.57. The van der Waals surface area contributed by atoms with E-state index in [0.717, 1.165) is 30.7 Å². The Kier molecular flexibility index (Phi) is 6.86. The number of carbonyl (C=O) groups excluding carboxylic acids is 1. The van der Waals surface area contributed by atoms with Crippen LogP contribution < -0.4 is 10.1 Å². The molecule has 1 amide bonds. The Labute approximate surface area is 196 Å². The molecule has 1 fully saturated rings. The molecule has 0 saturated carbocycles. The lowest BCUT2D eigenvalue weighted by molar-refractivity contribution is -0.113. The quantitative estimate of drug-likeness (QED) is 0.502. The topological polar surface area (TPSA) is 119 Å². The molecule has 1 aliphatic heterocycles. The van der Waals surface area contributed by atoms with E-state index in [-0.39, 0.29) is 16.6 Å². The van der Waals surface area contributed by atoms with Gasteiger partial charge in [-0.2, -0.15) is 9.29 Å². The number of rotatable bonds is 7. The molecule has 0 atom stereocenters. The number of amides is 1. The van der Waals surface area contributed by atoms with Crippen molar-refractivity contribution in [3.8, 4) is 5.75 Å². The van der Waals surface area contributed by atoms with Crippen LogP contribution in [-0.4, -0.2) is 64.2 Å². The SMILES string of the molecule is COc1ccc(S(=O)(=O)N2CCCCC2)cc1NC(=O)CSc1nc2nc(C)cc(C)n2n1. The minimum atomic E-state index is -3.63. The van der Waals surface area contributed by atoms with Gasteiger partial charge in [-0.3, -0.25) is 4.79 Å². The minimum absolute atomic E-state index is 0.0428. The van der Waals surface area contributed by atoms with Gasteiger partial charge in [-0.1, -0.05) is 18.2 Å². The molecule has 10 nitrogen and oxygen atoms in total. The number of hydrogen-bond donors (Lipinski definition) is 1. The fourth-order valence-electron chi connectivity index (χ4n) is 3.73. The summed E-state index contributed by atoms with van der Waals surface area (Å²) >= 11 is 1.17. The number of aromatic nitrogens is 4. The number of anilines is 1. The predicted octanol–water partition coefficient (Wildman–Crippen LogP) is 2.66. The van der Waals surface area contributed by atoms with Crippen LogP contribution in [0.25, 0.3) is 5.78 Å². The summed E-state index contributed by atoms with van der Waals surface area (Å²) in [6, 6.07) is 6.41. The van der Waals surface area contributed by atoms with Crippen molar-refractivity contribution in [2.45, 2.75) is 43.2 Å². The molecule has 3 heterocycles. The zero-order chi connectivity index (χ0) is 23.6. The second kappa shape index (κ2) is 9.65. The first kappa shape index (κ1) is 23.5. The lowest BCUT2D eigenvalue weighted by atomic mass is 10.2. The van der Waals surface area contributed by atoms with Gasteiger partial charge in [0.2, 0.25) is 21.1 Å². The van der Waals surface area contributed by atoms with Crippen molar-refractivity contribution in [1.82, 2.24) is 23.9 Å². The van der Waals surface area contributed by atoms with E-state index in [2.05, 4.69) is 20.4 Å². The van der Waals surface area contributed by atoms with Crippen molar-refractivity contribution in [2.75, 3.05) is 31.3 Å². The van der Waals surface area contributed by atoms with Crippen molar-refractivity contribution in [1.29, 1.82) is 0 Å². The second-order valence-electron chi connectivity index (χ2n) is 7.81. The van der Waals surface area contributed by atoms with Gasteiger partial charge in [-0.25, -0.2) is 17.9 Å². The van der Waals surface area contributed by atoms with Crippen molar-refractivity contribution < 1.29 is 17.9 Å². The summed E-state index contributed by atoms with van der Waals surface area (Å²) in [6.07, 6.45) is 2.73. The van der Waals surface area contributed by atoms with E-state index in [1.807, 2.05) is 19.9 Å². The number of nitrogens with zero attached hydrogens (tertiary/aromatic N) is 5. The maximum absolute atomic E-state index is 13.0. The molecule has 12 heteroatoms.